The van der Waals surface area contributed by atoms with Gasteiger partial charge in [0.2, 0.25) is 0 Å². The van der Waals surface area contributed by atoms with Crippen LogP contribution in [0.5, 0.6) is 5.75 Å². The predicted molar refractivity (Wildman–Crippen MR) is 84.9 cm³/mol. The molecule has 0 fully saturated rings. The number of carbonyl (C=O) groups excluding carboxylic acids is 1. The van der Waals surface area contributed by atoms with Crippen LogP contribution < -0.4 is 4.74 Å². The largest absolute Gasteiger partial charge is 0.494 e. The number of hydrogen-bond donors (Lipinski definition) is 0. The topological polar surface area (TPSA) is 38.8 Å². The van der Waals surface area contributed by atoms with E-state index in [-0.39, 0.29) is 5.97 Å². The van der Waals surface area contributed by atoms with Crippen molar-refractivity contribution in [3.8, 4) is 5.75 Å². The van der Waals surface area contributed by atoms with Crippen molar-refractivity contribution in [3.05, 3.63) is 29.3 Å². The fourth-order valence-electron chi connectivity index (χ4n) is 1.88. The lowest BCUT2D eigenvalue weighted by atomic mass is 10.3. The second kappa shape index (κ2) is 9.64. The Bertz CT molecular complexity index is 420. The van der Waals surface area contributed by atoms with Crippen molar-refractivity contribution in [2.75, 3.05) is 26.3 Å². The van der Waals surface area contributed by atoms with E-state index < -0.39 is 0 Å². The van der Waals surface area contributed by atoms with E-state index in [1.165, 1.54) is 0 Å². The standard InChI is InChI=1S/C16H24ClNO3/c1-4-20-16(19)12-18(13(2)3)10-5-11-21-15-8-6-14(17)7-9-15/h6-9,13H,4-5,10-12H2,1-3H3. The van der Waals surface area contributed by atoms with E-state index in [0.29, 0.717) is 30.8 Å². The number of benzene rings is 1. The Balaban J connectivity index is 2.30. The molecule has 4 nitrogen and oxygen atoms in total. The average molecular weight is 314 g/mol. The van der Waals surface area contributed by atoms with Gasteiger partial charge >= 0.3 is 5.97 Å². The summed E-state index contributed by atoms with van der Waals surface area (Å²) in [6.45, 7) is 8.10. The summed E-state index contributed by atoms with van der Waals surface area (Å²) in [5.74, 6) is 0.630. The molecule has 118 valence electrons. The van der Waals surface area contributed by atoms with Gasteiger partial charge in [0.15, 0.2) is 0 Å². The zero-order valence-corrected chi connectivity index (χ0v) is 13.7. The Kier molecular flexibility index (Phi) is 8.16. The Morgan fingerprint density at radius 2 is 1.95 bits per heavy atom. The van der Waals surface area contributed by atoms with E-state index in [0.717, 1.165) is 18.7 Å². The molecule has 0 aliphatic carbocycles. The molecule has 5 heteroatoms. The summed E-state index contributed by atoms with van der Waals surface area (Å²) < 4.78 is 10.6. The summed E-state index contributed by atoms with van der Waals surface area (Å²) >= 11 is 5.82. The van der Waals surface area contributed by atoms with Crippen LogP contribution in [0.4, 0.5) is 0 Å². The monoisotopic (exact) mass is 313 g/mol. The molecule has 0 heterocycles. The highest BCUT2D eigenvalue weighted by Crippen LogP contribution is 2.15. The van der Waals surface area contributed by atoms with Gasteiger partial charge in [0, 0.05) is 17.6 Å². The van der Waals surface area contributed by atoms with Crippen molar-refractivity contribution in [2.45, 2.75) is 33.2 Å². The van der Waals surface area contributed by atoms with E-state index in [4.69, 9.17) is 21.1 Å². The van der Waals surface area contributed by atoms with Crippen LogP contribution in [0, 0.1) is 0 Å². The maximum absolute atomic E-state index is 11.5. The lowest BCUT2D eigenvalue weighted by Gasteiger charge is -2.25. The van der Waals surface area contributed by atoms with Crippen molar-refractivity contribution in [1.29, 1.82) is 0 Å². The lowest BCUT2D eigenvalue weighted by molar-refractivity contribution is -0.144. The van der Waals surface area contributed by atoms with Gasteiger partial charge in [-0.1, -0.05) is 11.6 Å². The highest BCUT2D eigenvalue weighted by atomic mass is 35.5. The number of esters is 1. The maximum atomic E-state index is 11.5. The Labute approximate surface area is 132 Å². The third-order valence-corrected chi connectivity index (χ3v) is 3.29. The van der Waals surface area contributed by atoms with Crippen LogP contribution in [-0.4, -0.2) is 43.2 Å². The zero-order chi connectivity index (χ0) is 15.7. The van der Waals surface area contributed by atoms with E-state index in [9.17, 15) is 4.79 Å². The second-order valence-electron chi connectivity index (χ2n) is 5.03. The number of nitrogens with zero attached hydrogens (tertiary/aromatic N) is 1. The number of carbonyl (C=O) groups is 1. The van der Waals surface area contributed by atoms with Crippen LogP contribution in [-0.2, 0) is 9.53 Å². The normalized spacial score (nSPS) is 11.0. The van der Waals surface area contributed by atoms with Crippen molar-refractivity contribution in [3.63, 3.8) is 0 Å². The van der Waals surface area contributed by atoms with E-state index in [2.05, 4.69) is 18.7 Å². The third kappa shape index (κ3) is 7.34. The minimum Gasteiger partial charge on any atom is -0.494 e. The molecule has 0 radical (unpaired) electrons. The third-order valence-electron chi connectivity index (χ3n) is 3.04. The molecule has 0 amide bonds. The number of ether oxygens (including phenoxy) is 2. The van der Waals surface area contributed by atoms with Crippen molar-refractivity contribution in [1.82, 2.24) is 4.90 Å². The van der Waals surface area contributed by atoms with Gasteiger partial charge in [0.25, 0.3) is 0 Å². The first-order valence-corrected chi connectivity index (χ1v) is 7.68. The molecule has 0 saturated carbocycles. The molecule has 0 N–H and O–H groups in total. The molecule has 0 aliphatic rings. The molecule has 1 aromatic carbocycles. The van der Waals surface area contributed by atoms with Gasteiger partial charge in [-0.3, -0.25) is 9.69 Å². The van der Waals surface area contributed by atoms with E-state index >= 15 is 0 Å². The maximum Gasteiger partial charge on any atom is 0.320 e. The minimum absolute atomic E-state index is 0.176. The Morgan fingerprint density at radius 3 is 2.52 bits per heavy atom. The second-order valence-corrected chi connectivity index (χ2v) is 5.46. The van der Waals surface area contributed by atoms with Crippen LogP contribution in [0.15, 0.2) is 24.3 Å². The summed E-state index contributed by atoms with van der Waals surface area (Å²) in [5, 5.41) is 0.697. The molecule has 21 heavy (non-hydrogen) atoms. The molecule has 0 unspecified atom stereocenters. The van der Waals surface area contributed by atoms with Gasteiger partial charge in [0.05, 0.1) is 19.8 Å². The molecule has 0 bridgehead atoms. The highest BCUT2D eigenvalue weighted by molar-refractivity contribution is 6.30. The van der Waals surface area contributed by atoms with Crippen LogP contribution in [0.2, 0.25) is 5.02 Å². The smallest absolute Gasteiger partial charge is 0.320 e. The van der Waals surface area contributed by atoms with Gasteiger partial charge in [0.1, 0.15) is 5.75 Å². The molecule has 0 saturated heterocycles. The number of halogens is 1. The van der Waals surface area contributed by atoms with E-state index in [1.54, 1.807) is 12.1 Å². The predicted octanol–water partition coefficient (Wildman–Crippen LogP) is 3.38. The molecular formula is C16H24ClNO3. The van der Waals surface area contributed by atoms with Gasteiger partial charge in [-0.2, -0.15) is 0 Å². The fraction of sp³-hybridized carbons (Fsp3) is 0.562. The van der Waals surface area contributed by atoms with Crippen LogP contribution in [0.3, 0.4) is 0 Å². The number of rotatable bonds is 9. The van der Waals surface area contributed by atoms with Crippen LogP contribution in [0.1, 0.15) is 27.2 Å². The molecular weight excluding hydrogens is 290 g/mol. The van der Waals surface area contributed by atoms with Crippen molar-refractivity contribution >= 4 is 17.6 Å². The minimum atomic E-state index is -0.176. The lowest BCUT2D eigenvalue weighted by Crippen LogP contribution is -2.37. The molecule has 0 aromatic heterocycles. The van der Waals surface area contributed by atoms with E-state index in [1.807, 2.05) is 19.1 Å². The quantitative estimate of drug-likeness (QED) is 0.517. The Hall–Kier alpha value is -1.26. The van der Waals surface area contributed by atoms with Gasteiger partial charge in [-0.25, -0.2) is 0 Å². The number of hydrogen-bond acceptors (Lipinski definition) is 4. The summed E-state index contributed by atoms with van der Waals surface area (Å²) in [7, 11) is 0. The SMILES string of the molecule is CCOC(=O)CN(CCCOc1ccc(Cl)cc1)C(C)C. The molecule has 1 rings (SSSR count). The molecule has 0 aliphatic heterocycles. The molecule has 1 aromatic rings. The molecule has 0 atom stereocenters. The first-order valence-electron chi connectivity index (χ1n) is 7.31. The summed E-state index contributed by atoms with van der Waals surface area (Å²) in [4.78, 5) is 13.6. The van der Waals surface area contributed by atoms with Gasteiger partial charge in [-0.05, 0) is 51.5 Å². The van der Waals surface area contributed by atoms with Gasteiger partial charge < -0.3 is 9.47 Å². The molecule has 0 spiro atoms. The van der Waals surface area contributed by atoms with Crippen LogP contribution >= 0.6 is 11.6 Å². The van der Waals surface area contributed by atoms with Gasteiger partial charge in [-0.15, -0.1) is 0 Å². The van der Waals surface area contributed by atoms with Crippen LogP contribution in [0.25, 0.3) is 0 Å². The first-order chi connectivity index (χ1) is 10.0. The summed E-state index contributed by atoms with van der Waals surface area (Å²) in [6, 6.07) is 7.60. The average Bonchev–Trinajstić information content (AvgIpc) is 2.44. The summed E-state index contributed by atoms with van der Waals surface area (Å²) in [6.07, 6.45) is 0.847. The van der Waals surface area contributed by atoms with Crippen molar-refractivity contribution < 1.29 is 14.3 Å². The fourth-order valence-corrected chi connectivity index (χ4v) is 2.01. The Morgan fingerprint density at radius 1 is 1.29 bits per heavy atom. The first kappa shape index (κ1) is 17.8. The zero-order valence-electron chi connectivity index (χ0n) is 13.0. The summed E-state index contributed by atoms with van der Waals surface area (Å²) in [5.41, 5.74) is 0. The van der Waals surface area contributed by atoms with Crippen molar-refractivity contribution in [2.24, 2.45) is 0 Å². The highest BCUT2D eigenvalue weighted by Gasteiger charge is 2.14.